The lowest BCUT2D eigenvalue weighted by Gasteiger charge is -2.12. The molecule has 2 rings (SSSR count). The van der Waals surface area contributed by atoms with Crippen LogP contribution in [0.3, 0.4) is 0 Å². The zero-order valence-electron chi connectivity index (χ0n) is 12.9. The highest BCUT2D eigenvalue weighted by Gasteiger charge is 2.15. The molecule has 7 heteroatoms. The Morgan fingerprint density at radius 2 is 1.61 bits per heavy atom. The number of nitrogens with one attached hydrogen (secondary N) is 2. The van der Waals surface area contributed by atoms with Gasteiger partial charge in [-0.15, -0.1) is 4.83 Å². The molecule has 0 aliphatic rings. The van der Waals surface area contributed by atoms with E-state index in [4.69, 9.17) is 4.74 Å². The second-order valence-electron chi connectivity index (χ2n) is 4.98. The molecule has 0 aliphatic heterocycles. The van der Waals surface area contributed by atoms with Crippen LogP contribution in [-0.2, 0) is 14.8 Å². The lowest BCUT2D eigenvalue weighted by atomic mass is 10.1. The Hall–Kier alpha value is -2.38. The number of rotatable bonds is 6. The van der Waals surface area contributed by atoms with Gasteiger partial charge in [0.25, 0.3) is 15.9 Å². The topological polar surface area (TPSA) is 84.5 Å². The zero-order valence-corrected chi connectivity index (χ0v) is 13.7. The van der Waals surface area contributed by atoms with E-state index in [2.05, 4.69) is 5.43 Å². The summed E-state index contributed by atoms with van der Waals surface area (Å²) < 4.78 is 29.4. The van der Waals surface area contributed by atoms with E-state index in [-0.39, 0.29) is 11.5 Å². The summed E-state index contributed by atoms with van der Waals surface area (Å²) in [5, 5.41) is 0. The minimum absolute atomic E-state index is 0.0657. The minimum Gasteiger partial charge on any atom is -0.483 e. The van der Waals surface area contributed by atoms with Crippen LogP contribution in [0.15, 0.2) is 53.4 Å². The van der Waals surface area contributed by atoms with Crippen LogP contribution < -0.4 is 15.0 Å². The third-order valence-corrected chi connectivity index (χ3v) is 4.40. The van der Waals surface area contributed by atoms with Gasteiger partial charge in [-0.05, 0) is 37.1 Å². The maximum atomic E-state index is 12.0. The Morgan fingerprint density at radius 1 is 1.00 bits per heavy atom. The van der Waals surface area contributed by atoms with E-state index in [0.29, 0.717) is 5.75 Å². The number of benzene rings is 2. The number of aryl methyl sites for hydroxylation is 2. The molecule has 122 valence electrons. The molecule has 0 heterocycles. The quantitative estimate of drug-likeness (QED) is 0.788. The zero-order chi connectivity index (χ0) is 16.9. The van der Waals surface area contributed by atoms with Gasteiger partial charge in [-0.1, -0.05) is 36.4 Å². The van der Waals surface area contributed by atoms with Crippen molar-refractivity contribution in [1.82, 2.24) is 10.3 Å². The molecule has 2 aromatic carbocycles. The molecule has 0 saturated heterocycles. The number of hydrazine groups is 1. The fourth-order valence-corrected chi connectivity index (χ4v) is 2.86. The molecule has 2 aromatic rings. The summed E-state index contributed by atoms with van der Waals surface area (Å²) in [5.74, 6) is 0.0284. The van der Waals surface area contributed by atoms with E-state index in [9.17, 15) is 13.2 Å². The summed E-state index contributed by atoms with van der Waals surface area (Å²) >= 11 is 0. The summed E-state index contributed by atoms with van der Waals surface area (Å²) in [5.41, 5.74) is 3.94. The molecular weight excluding hydrogens is 316 g/mol. The average Bonchev–Trinajstić information content (AvgIpc) is 2.53. The molecule has 0 fully saturated rings. The highest BCUT2D eigenvalue weighted by atomic mass is 32.2. The van der Waals surface area contributed by atoms with Crippen molar-refractivity contribution in [3.05, 3.63) is 59.7 Å². The fourth-order valence-electron chi connectivity index (χ4n) is 1.98. The van der Waals surface area contributed by atoms with Gasteiger partial charge in [-0.2, -0.15) is 0 Å². The number of para-hydroxylation sites is 1. The van der Waals surface area contributed by atoms with E-state index < -0.39 is 15.9 Å². The van der Waals surface area contributed by atoms with Crippen molar-refractivity contribution in [3.63, 3.8) is 0 Å². The van der Waals surface area contributed by atoms with Crippen molar-refractivity contribution in [2.24, 2.45) is 0 Å². The van der Waals surface area contributed by atoms with Crippen molar-refractivity contribution in [2.45, 2.75) is 18.7 Å². The lowest BCUT2D eigenvalue weighted by molar-refractivity contribution is -0.123. The number of sulfonamides is 1. The van der Waals surface area contributed by atoms with Crippen molar-refractivity contribution in [3.8, 4) is 5.75 Å². The monoisotopic (exact) mass is 334 g/mol. The number of amides is 1. The van der Waals surface area contributed by atoms with Crippen LogP contribution in [0.4, 0.5) is 0 Å². The Morgan fingerprint density at radius 3 is 2.22 bits per heavy atom. The first kappa shape index (κ1) is 17.0. The Labute approximate surface area is 135 Å². The van der Waals surface area contributed by atoms with Crippen LogP contribution in [0.5, 0.6) is 5.75 Å². The summed E-state index contributed by atoms with van der Waals surface area (Å²) in [6.07, 6.45) is 0. The van der Waals surface area contributed by atoms with Gasteiger partial charge in [0.15, 0.2) is 6.61 Å². The van der Waals surface area contributed by atoms with E-state index in [1.807, 2.05) is 36.9 Å². The van der Waals surface area contributed by atoms with Gasteiger partial charge >= 0.3 is 0 Å². The molecule has 2 N–H and O–H groups in total. The molecule has 6 nitrogen and oxygen atoms in total. The first-order valence-corrected chi connectivity index (χ1v) is 8.43. The van der Waals surface area contributed by atoms with Gasteiger partial charge in [-0.3, -0.25) is 10.2 Å². The SMILES string of the molecule is Cc1cccc(C)c1OCC(=O)NNS(=O)(=O)c1ccccc1. The van der Waals surface area contributed by atoms with Crippen LogP contribution in [0, 0.1) is 13.8 Å². The molecule has 0 saturated carbocycles. The smallest absolute Gasteiger partial charge is 0.272 e. The number of hydrogen-bond acceptors (Lipinski definition) is 4. The number of hydrogen-bond donors (Lipinski definition) is 2. The number of carbonyl (C=O) groups is 1. The molecule has 0 spiro atoms. The van der Waals surface area contributed by atoms with Crippen LogP contribution in [0.25, 0.3) is 0 Å². The fraction of sp³-hybridized carbons (Fsp3) is 0.188. The molecular formula is C16H18N2O4S. The summed E-state index contributed by atoms with van der Waals surface area (Å²) in [4.78, 5) is 13.9. The highest BCUT2D eigenvalue weighted by Crippen LogP contribution is 2.21. The van der Waals surface area contributed by atoms with Crippen molar-refractivity contribution in [1.29, 1.82) is 0 Å². The van der Waals surface area contributed by atoms with Gasteiger partial charge in [0, 0.05) is 0 Å². The van der Waals surface area contributed by atoms with Crippen molar-refractivity contribution in [2.75, 3.05) is 6.61 Å². The van der Waals surface area contributed by atoms with Gasteiger partial charge in [-0.25, -0.2) is 8.42 Å². The first-order valence-electron chi connectivity index (χ1n) is 6.95. The standard InChI is InChI=1S/C16H18N2O4S/c1-12-7-6-8-13(2)16(12)22-11-15(19)17-18-23(20,21)14-9-4-3-5-10-14/h3-10,18H,11H2,1-2H3,(H,17,19). The van der Waals surface area contributed by atoms with E-state index >= 15 is 0 Å². The summed E-state index contributed by atoms with van der Waals surface area (Å²) in [7, 11) is -3.79. The maximum absolute atomic E-state index is 12.0. The second kappa shape index (κ2) is 7.26. The van der Waals surface area contributed by atoms with Gasteiger partial charge in [0.05, 0.1) is 4.90 Å². The lowest BCUT2D eigenvalue weighted by Crippen LogP contribution is -2.43. The van der Waals surface area contributed by atoms with Crippen LogP contribution in [0.2, 0.25) is 0 Å². The predicted molar refractivity (Wildman–Crippen MR) is 86.3 cm³/mol. The van der Waals surface area contributed by atoms with Crippen molar-refractivity contribution >= 4 is 15.9 Å². The third kappa shape index (κ3) is 4.54. The van der Waals surface area contributed by atoms with E-state index in [1.54, 1.807) is 18.2 Å². The van der Waals surface area contributed by atoms with Gasteiger partial charge in [0.1, 0.15) is 5.75 Å². The maximum Gasteiger partial charge on any atom is 0.272 e. The van der Waals surface area contributed by atoms with Crippen LogP contribution in [-0.4, -0.2) is 20.9 Å². The molecule has 0 atom stereocenters. The third-order valence-electron chi connectivity index (χ3n) is 3.13. The Balaban J connectivity index is 1.91. The second-order valence-corrected chi connectivity index (χ2v) is 6.66. The van der Waals surface area contributed by atoms with E-state index in [0.717, 1.165) is 11.1 Å². The van der Waals surface area contributed by atoms with Crippen LogP contribution in [0.1, 0.15) is 11.1 Å². The van der Waals surface area contributed by atoms with Crippen molar-refractivity contribution < 1.29 is 17.9 Å². The largest absolute Gasteiger partial charge is 0.483 e. The van der Waals surface area contributed by atoms with Gasteiger partial charge in [0.2, 0.25) is 0 Å². The first-order chi connectivity index (χ1) is 10.9. The summed E-state index contributed by atoms with van der Waals surface area (Å²) in [6.45, 7) is 3.46. The average molecular weight is 334 g/mol. The Bertz CT molecular complexity index is 769. The summed E-state index contributed by atoms with van der Waals surface area (Å²) in [6, 6.07) is 13.4. The molecule has 0 radical (unpaired) electrons. The van der Waals surface area contributed by atoms with E-state index in [1.165, 1.54) is 12.1 Å². The Kier molecular flexibility index (Phi) is 5.36. The molecule has 23 heavy (non-hydrogen) atoms. The number of carbonyl (C=O) groups excluding carboxylic acids is 1. The molecule has 1 amide bonds. The highest BCUT2D eigenvalue weighted by molar-refractivity contribution is 7.89. The number of ether oxygens (including phenoxy) is 1. The van der Waals surface area contributed by atoms with Crippen LogP contribution >= 0.6 is 0 Å². The van der Waals surface area contributed by atoms with Gasteiger partial charge < -0.3 is 4.74 Å². The molecule has 0 aliphatic carbocycles. The molecule has 0 aromatic heterocycles. The minimum atomic E-state index is -3.79. The predicted octanol–water partition coefficient (Wildman–Crippen LogP) is 1.69. The molecule has 0 bridgehead atoms. The molecule has 0 unspecified atom stereocenters. The normalized spacial score (nSPS) is 11.0.